The molecule has 2 aromatic carbocycles. The Morgan fingerprint density at radius 1 is 1.04 bits per heavy atom. The molecule has 0 radical (unpaired) electrons. The number of benzene rings is 2. The molecule has 0 bridgehead atoms. The van der Waals surface area contributed by atoms with Crippen LogP contribution in [0.25, 0.3) is 11.0 Å². The molecule has 0 aliphatic rings. The van der Waals surface area contributed by atoms with Crippen LogP contribution in [0, 0.1) is 0 Å². The third kappa shape index (κ3) is 3.48. The first-order chi connectivity index (χ1) is 11.5. The molecule has 6 nitrogen and oxygen atoms in total. The Morgan fingerprint density at radius 3 is 2.42 bits per heavy atom. The predicted molar refractivity (Wildman–Crippen MR) is 96.5 cm³/mol. The molecule has 0 aliphatic heterocycles. The number of aromatic nitrogens is 2. The van der Waals surface area contributed by atoms with E-state index in [2.05, 4.69) is 27.5 Å². The van der Waals surface area contributed by atoms with Gasteiger partial charge in [0.2, 0.25) is 5.91 Å². The Kier molecular flexibility index (Phi) is 4.37. The number of amides is 1. The molecule has 1 atom stereocenters. The first-order valence-corrected chi connectivity index (χ1v) is 7.93. The molecule has 3 rings (SSSR count). The minimum atomic E-state index is -0.418. The van der Waals surface area contributed by atoms with Crippen LogP contribution in [0.4, 0.5) is 11.4 Å². The molecular weight excluding hydrogens is 304 g/mol. The predicted octanol–water partition coefficient (Wildman–Crippen LogP) is 2.86. The van der Waals surface area contributed by atoms with Gasteiger partial charge in [0.05, 0.1) is 11.0 Å². The van der Waals surface area contributed by atoms with Crippen LogP contribution >= 0.6 is 0 Å². The van der Waals surface area contributed by atoms with E-state index in [9.17, 15) is 9.59 Å². The van der Waals surface area contributed by atoms with Crippen molar-refractivity contribution in [3.05, 3.63) is 58.5 Å². The van der Waals surface area contributed by atoms with E-state index < -0.39 is 6.04 Å². The Hall–Kier alpha value is -3.02. The van der Waals surface area contributed by atoms with Crippen LogP contribution in [0.2, 0.25) is 0 Å². The summed E-state index contributed by atoms with van der Waals surface area (Å²) in [6.07, 6.45) is 0.968. The highest BCUT2D eigenvalue weighted by atomic mass is 16.2. The summed E-state index contributed by atoms with van der Waals surface area (Å²) in [5.41, 5.74) is 3.96. The van der Waals surface area contributed by atoms with Crippen LogP contribution in [0.1, 0.15) is 19.4 Å². The first kappa shape index (κ1) is 15.9. The summed E-state index contributed by atoms with van der Waals surface area (Å²) in [6.45, 7) is 3.88. The summed E-state index contributed by atoms with van der Waals surface area (Å²) in [5, 5.41) is 6.03. The smallest absolute Gasteiger partial charge is 0.323 e. The van der Waals surface area contributed by atoms with Crippen LogP contribution in [-0.4, -0.2) is 21.9 Å². The summed E-state index contributed by atoms with van der Waals surface area (Å²) in [4.78, 5) is 29.0. The fraction of sp³-hybridized carbons (Fsp3) is 0.222. The van der Waals surface area contributed by atoms with E-state index in [0.717, 1.165) is 23.3 Å². The number of carbonyl (C=O) groups excluding carboxylic acids is 1. The van der Waals surface area contributed by atoms with Crippen molar-refractivity contribution in [1.29, 1.82) is 0 Å². The van der Waals surface area contributed by atoms with Crippen molar-refractivity contribution in [3.8, 4) is 0 Å². The quantitative estimate of drug-likeness (QED) is 0.582. The molecule has 1 unspecified atom stereocenters. The van der Waals surface area contributed by atoms with Gasteiger partial charge in [-0.3, -0.25) is 4.79 Å². The molecular formula is C18H20N4O2. The molecule has 0 fully saturated rings. The highest BCUT2D eigenvalue weighted by molar-refractivity contribution is 5.96. The minimum Gasteiger partial charge on any atom is -0.374 e. The number of fused-ring (bicyclic) bond motifs is 1. The second kappa shape index (κ2) is 6.62. The van der Waals surface area contributed by atoms with Gasteiger partial charge in [-0.1, -0.05) is 19.1 Å². The third-order valence-corrected chi connectivity index (χ3v) is 3.92. The van der Waals surface area contributed by atoms with E-state index in [0.29, 0.717) is 5.52 Å². The average molecular weight is 324 g/mol. The van der Waals surface area contributed by atoms with Gasteiger partial charge in [0.1, 0.15) is 6.04 Å². The number of hydrogen-bond donors (Lipinski definition) is 4. The highest BCUT2D eigenvalue weighted by Gasteiger charge is 2.13. The lowest BCUT2D eigenvalue weighted by molar-refractivity contribution is -0.116. The molecule has 4 N–H and O–H groups in total. The van der Waals surface area contributed by atoms with Gasteiger partial charge < -0.3 is 20.6 Å². The van der Waals surface area contributed by atoms with Crippen LogP contribution < -0.4 is 16.3 Å². The number of rotatable bonds is 5. The van der Waals surface area contributed by atoms with E-state index in [1.54, 1.807) is 19.1 Å². The van der Waals surface area contributed by atoms with Gasteiger partial charge in [0, 0.05) is 11.4 Å². The fourth-order valence-electron chi connectivity index (χ4n) is 2.51. The number of imidazole rings is 1. The van der Waals surface area contributed by atoms with Crippen LogP contribution in [0.3, 0.4) is 0 Å². The summed E-state index contributed by atoms with van der Waals surface area (Å²) in [6, 6.07) is 12.8. The maximum atomic E-state index is 12.3. The molecule has 0 saturated heterocycles. The van der Waals surface area contributed by atoms with Crippen molar-refractivity contribution in [3.63, 3.8) is 0 Å². The largest absolute Gasteiger partial charge is 0.374 e. The topological polar surface area (TPSA) is 89.8 Å². The van der Waals surface area contributed by atoms with Crippen molar-refractivity contribution in [1.82, 2.24) is 9.97 Å². The number of H-pyrrole nitrogens is 2. The van der Waals surface area contributed by atoms with Gasteiger partial charge in [-0.15, -0.1) is 0 Å². The van der Waals surface area contributed by atoms with Crippen LogP contribution in [-0.2, 0) is 11.2 Å². The van der Waals surface area contributed by atoms with Gasteiger partial charge in [0.25, 0.3) is 0 Å². The van der Waals surface area contributed by atoms with Crippen molar-refractivity contribution in [2.75, 3.05) is 10.6 Å². The SMILES string of the molecule is CCc1ccc(NC(=O)C(C)Nc2ccc3[nH]c(=O)[nH]c3c2)cc1. The number of hydrogen-bond acceptors (Lipinski definition) is 3. The molecule has 0 saturated carbocycles. The van der Waals surface area contributed by atoms with Gasteiger partial charge in [0.15, 0.2) is 0 Å². The van der Waals surface area contributed by atoms with Crippen molar-refractivity contribution >= 4 is 28.3 Å². The van der Waals surface area contributed by atoms with E-state index in [4.69, 9.17) is 0 Å². The molecule has 1 aromatic heterocycles. The molecule has 3 aromatic rings. The molecule has 24 heavy (non-hydrogen) atoms. The first-order valence-electron chi connectivity index (χ1n) is 7.93. The summed E-state index contributed by atoms with van der Waals surface area (Å²) >= 11 is 0. The average Bonchev–Trinajstić information content (AvgIpc) is 2.94. The van der Waals surface area contributed by atoms with Gasteiger partial charge in [-0.2, -0.15) is 0 Å². The minimum absolute atomic E-state index is 0.123. The van der Waals surface area contributed by atoms with Crippen molar-refractivity contribution in [2.24, 2.45) is 0 Å². The summed E-state index contributed by atoms with van der Waals surface area (Å²) in [7, 11) is 0. The Morgan fingerprint density at radius 2 is 1.71 bits per heavy atom. The number of aryl methyl sites for hydroxylation is 1. The fourth-order valence-corrected chi connectivity index (χ4v) is 2.51. The number of carbonyl (C=O) groups is 1. The Balaban J connectivity index is 1.66. The number of nitrogens with one attached hydrogen (secondary N) is 4. The normalized spacial score (nSPS) is 12.1. The zero-order valence-corrected chi connectivity index (χ0v) is 13.6. The zero-order valence-electron chi connectivity index (χ0n) is 13.6. The maximum absolute atomic E-state index is 12.3. The van der Waals surface area contributed by atoms with Gasteiger partial charge in [-0.25, -0.2) is 4.79 Å². The monoisotopic (exact) mass is 324 g/mol. The molecule has 124 valence electrons. The van der Waals surface area contributed by atoms with Crippen molar-refractivity contribution < 1.29 is 4.79 Å². The van der Waals surface area contributed by atoms with Gasteiger partial charge in [-0.05, 0) is 49.2 Å². The van der Waals surface area contributed by atoms with E-state index >= 15 is 0 Å². The Labute approximate surface area is 139 Å². The standard InChI is InChI=1S/C18H20N4O2/c1-3-12-4-6-13(7-5-12)20-17(23)11(2)19-14-8-9-15-16(10-14)22-18(24)21-15/h4-11,19H,3H2,1-2H3,(H,20,23)(H2,21,22,24). The highest BCUT2D eigenvalue weighted by Crippen LogP contribution is 2.16. The summed E-state index contributed by atoms with van der Waals surface area (Å²) < 4.78 is 0. The lowest BCUT2D eigenvalue weighted by atomic mass is 10.1. The van der Waals surface area contributed by atoms with E-state index in [1.165, 1.54) is 5.56 Å². The molecule has 0 aliphatic carbocycles. The van der Waals surface area contributed by atoms with E-state index in [-0.39, 0.29) is 11.6 Å². The summed E-state index contributed by atoms with van der Waals surface area (Å²) in [5.74, 6) is -0.123. The lowest BCUT2D eigenvalue weighted by Gasteiger charge is -2.15. The second-order valence-corrected chi connectivity index (χ2v) is 5.75. The van der Waals surface area contributed by atoms with Gasteiger partial charge >= 0.3 is 5.69 Å². The molecule has 1 amide bonds. The van der Waals surface area contributed by atoms with Crippen LogP contribution in [0.15, 0.2) is 47.3 Å². The number of anilines is 2. The molecule has 1 heterocycles. The zero-order chi connectivity index (χ0) is 17.1. The van der Waals surface area contributed by atoms with E-state index in [1.807, 2.05) is 30.3 Å². The number of aromatic amines is 2. The lowest BCUT2D eigenvalue weighted by Crippen LogP contribution is -2.31. The molecule has 0 spiro atoms. The Bertz CT molecular complexity index is 909. The van der Waals surface area contributed by atoms with Crippen LogP contribution in [0.5, 0.6) is 0 Å². The third-order valence-electron chi connectivity index (χ3n) is 3.92. The maximum Gasteiger partial charge on any atom is 0.323 e. The molecule has 6 heteroatoms. The van der Waals surface area contributed by atoms with Crippen molar-refractivity contribution in [2.45, 2.75) is 26.3 Å². The second-order valence-electron chi connectivity index (χ2n) is 5.75.